The third kappa shape index (κ3) is 2.72. The number of nitrogens with one attached hydrogen (secondary N) is 1. The molecule has 0 amide bonds. The van der Waals surface area contributed by atoms with Gasteiger partial charge in [0.15, 0.2) is 5.78 Å². The average Bonchev–Trinajstić information content (AvgIpc) is 2.46. The number of carbonyl (C=O) groups is 1. The van der Waals surface area contributed by atoms with Crippen LogP contribution in [0.1, 0.15) is 28.4 Å². The molecule has 0 saturated heterocycles. The summed E-state index contributed by atoms with van der Waals surface area (Å²) in [4.78, 5) is 12.3. The van der Waals surface area contributed by atoms with E-state index >= 15 is 0 Å². The van der Waals surface area contributed by atoms with Crippen molar-refractivity contribution in [3.05, 3.63) is 56.5 Å². The van der Waals surface area contributed by atoms with E-state index in [1.165, 1.54) is 0 Å². The lowest BCUT2D eigenvalue weighted by Crippen LogP contribution is -2.23. The predicted octanol–water partition coefficient (Wildman–Crippen LogP) is 4.96. The Kier molecular flexibility index (Phi) is 4.04. The molecule has 5 heteroatoms. The highest BCUT2D eigenvalue weighted by Gasteiger charge is 2.28. The standard InChI is InChI=1S/C16H13Br2NO2/c1-21-16-11(6-9(17)7-12(16)18)14-8-15(20)10-4-2-3-5-13(10)19-14/h2-7,14,19H,8H2,1H3. The number of hydrogen-bond acceptors (Lipinski definition) is 3. The first kappa shape index (κ1) is 14.6. The summed E-state index contributed by atoms with van der Waals surface area (Å²) in [6.07, 6.45) is 0.413. The van der Waals surface area contributed by atoms with Gasteiger partial charge in [0.1, 0.15) is 5.75 Å². The highest BCUT2D eigenvalue weighted by atomic mass is 79.9. The number of methoxy groups -OCH3 is 1. The largest absolute Gasteiger partial charge is 0.495 e. The molecule has 0 aliphatic carbocycles. The predicted molar refractivity (Wildman–Crippen MR) is 90.1 cm³/mol. The molecule has 1 N–H and O–H groups in total. The second-order valence-corrected chi connectivity index (χ2v) is 6.65. The van der Waals surface area contributed by atoms with Crippen molar-refractivity contribution in [2.75, 3.05) is 12.4 Å². The zero-order valence-electron chi connectivity index (χ0n) is 11.3. The average molecular weight is 411 g/mol. The van der Waals surface area contributed by atoms with Gasteiger partial charge in [-0.1, -0.05) is 28.1 Å². The molecule has 1 heterocycles. The smallest absolute Gasteiger partial charge is 0.167 e. The molecule has 1 unspecified atom stereocenters. The number of benzene rings is 2. The molecule has 0 saturated carbocycles. The van der Waals surface area contributed by atoms with Gasteiger partial charge in [-0.05, 0) is 40.2 Å². The zero-order valence-corrected chi connectivity index (χ0v) is 14.5. The molecule has 21 heavy (non-hydrogen) atoms. The Bertz CT molecular complexity index is 715. The molecule has 108 valence electrons. The number of Topliss-reactive ketones (excluding diaryl/α,β-unsaturated/α-hetero) is 1. The van der Waals surface area contributed by atoms with Crippen molar-refractivity contribution in [1.82, 2.24) is 0 Å². The Morgan fingerprint density at radius 1 is 1.24 bits per heavy atom. The third-order valence-corrected chi connectivity index (χ3v) is 4.61. The summed E-state index contributed by atoms with van der Waals surface area (Å²) in [7, 11) is 1.64. The van der Waals surface area contributed by atoms with Gasteiger partial charge in [0.05, 0.1) is 17.6 Å². The fourth-order valence-corrected chi connectivity index (χ4v) is 4.05. The van der Waals surface area contributed by atoms with Crippen LogP contribution in [0.25, 0.3) is 0 Å². The molecule has 0 spiro atoms. The van der Waals surface area contributed by atoms with Gasteiger partial charge in [-0.3, -0.25) is 4.79 Å². The number of ether oxygens (including phenoxy) is 1. The molecule has 0 fully saturated rings. The SMILES string of the molecule is COc1c(Br)cc(Br)cc1C1CC(=O)c2ccccc2N1. The number of rotatable bonds is 2. The summed E-state index contributed by atoms with van der Waals surface area (Å²) < 4.78 is 7.29. The fourth-order valence-electron chi connectivity index (χ4n) is 2.63. The molecule has 1 aliphatic rings. The van der Waals surface area contributed by atoms with E-state index in [1.54, 1.807) is 7.11 Å². The van der Waals surface area contributed by atoms with Gasteiger partial charge in [0, 0.05) is 27.7 Å². The number of para-hydroxylation sites is 1. The maximum atomic E-state index is 12.3. The lowest BCUT2D eigenvalue weighted by molar-refractivity contribution is 0.0972. The molecule has 0 bridgehead atoms. The van der Waals surface area contributed by atoms with Crippen LogP contribution in [0, 0.1) is 0 Å². The molecule has 1 atom stereocenters. The first-order chi connectivity index (χ1) is 10.1. The molecule has 0 radical (unpaired) electrons. The topological polar surface area (TPSA) is 38.3 Å². The zero-order chi connectivity index (χ0) is 15.0. The summed E-state index contributed by atoms with van der Waals surface area (Å²) in [6.45, 7) is 0. The summed E-state index contributed by atoms with van der Waals surface area (Å²) in [5.74, 6) is 0.899. The number of halogens is 2. The van der Waals surface area contributed by atoms with Crippen molar-refractivity contribution < 1.29 is 9.53 Å². The third-order valence-electron chi connectivity index (χ3n) is 3.56. The van der Waals surface area contributed by atoms with Gasteiger partial charge < -0.3 is 10.1 Å². The number of anilines is 1. The Hall–Kier alpha value is -1.33. The van der Waals surface area contributed by atoms with E-state index in [-0.39, 0.29) is 11.8 Å². The Balaban J connectivity index is 2.06. The van der Waals surface area contributed by atoms with Gasteiger partial charge in [-0.25, -0.2) is 0 Å². The summed E-state index contributed by atoms with van der Waals surface area (Å²) in [6, 6.07) is 11.4. The van der Waals surface area contributed by atoms with Crippen LogP contribution in [0.5, 0.6) is 5.75 Å². The summed E-state index contributed by atoms with van der Waals surface area (Å²) in [5.41, 5.74) is 2.58. The van der Waals surface area contributed by atoms with Crippen molar-refractivity contribution in [2.24, 2.45) is 0 Å². The van der Waals surface area contributed by atoms with Crippen LogP contribution in [0.4, 0.5) is 5.69 Å². The second kappa shape index (κ2) is 5.81. The van der Waals surface area contributed by atoms with Crippen LogP contribution in [-0.2, 0) is 0 Å². The fraction of sp³-hybridized carbons (Fsp3) is 0.188. The Morgan fingerprint density at radius 3 is 2.76 bits per heavy atom. The van der Waals surface area contributed by atoms with E-state index in [1.807, 2.05) is 36.4 Å². The van der Waals surface area contributed by atoms with E-state index in [0.29, 0.717) is 6.42 Å². The summed E-state index contributed by atoms with van der Waals surface area (Å²) >= 11 is 7.00. The molecule has 1 aliphatic heterocycles. The van der Waals surface area contributed by atoms with E-state index < -0.39 is 0 Å². The minimum atomic E-state index is -0.101. The molecule has 0 aromatic heterocycles. The minimum Gasteiger partial charge on any atom is -0.495 e. The van der Waals surface area contributed by atoms with Crippen molar-refractivity contribution in [1.29, 1.82) is 0 Å². The van der Waals surface area contributed by atoms with Crippen LogP contribution in [-0.4, -0.2) is 12.9 Å². The lowest BCUT2D eigenvalue weighted by Gasteiger charge is -2.28. The van der Waals surface area contributed by atoms with Gasteiger partial charge in [0.2, 0.25) is 0 Å². The molecule has 2 aromatic carbocycles. The first-order valence-corrected chi connectivity index (χ1v) is 8.10. The summed E-state index contributed by atoms with van der Waals surface area (Å²) in [5, 5.41) is 3.43. The van der Waals surface area contributed by atoms with Crippen LogP contribution < -0.4 is 10.1 Å². The van der Waals surface area contributed by atoms with E-state index in [4.69, 9.17) is 4.74 Å². The molecule has 2 aromatic rings. The number of carbonyl (C=O) groups excluding carboxylic acids is 1. The molecular formula is C16H13Br2NO2. The Labute approximate surface area is 140 Å². The van der Waals surface area contributed by atoms with Crippen molar-refractivity contribution in [3.8, 4) is 5.75 Å². The van der Waals surface area contributed by atoms with Gasteiger partial charge >= 0.3 is 0 Å². The van der Waals surface area contributed by atoms with Crippen molar-refractivity contribution in [2.45, 2.75) is 12.5 Å². The highest BCUT2D eigenvalue weighted by Crippen LogP contribution is 2.41. The van der Waals surface area contributed by atoms with E-state index in [2.05, 4.69) is 37.2 Å². The first-order valence-electron chi connectivity index (χ1n) is 6.52. The van der Waals surface area contributed by atoms with Crippen LogP contribution in [0.3, 0.4) is 0 Å². The maximum absolute atomic E-state index is 12.3. The monoisotopic (exact) mass is 409 g/mol. The van der Waals surface area contributed by atoms with Gasteiger partial charge in [-0.2, -0.15) is 0 Å². The molecule has 3 rings (SSSR count). The minimum absolute atomic E-state index is 0.101. The van der Waals surface area contributed by atoms with E-state index in [9.17, 15) is 4.79 Å². The highest BCUT2D eigenvalue weighted by molar-refractivity contribution is 9.11. The van der Waals surface area contributed by atoms with Crippen molar-refractivity contribution >= 4 is 43.3 Å². The number of ketones is 1. The quantitative estimate of drug-likeness (QED) is 0.760. The van der Waals surface area contributed by atoms with Crippen LogP contribution in [0.15, 0.2) is 45.3 Å². The molecule has 3 nitrogen and oxygen atoms in total. The number of fused-ring (bicyclic) bond motifs is 1. The lowest BCUT2D eigenvalue weighted by atomic mass is 9.92. The van der Waals surface area contributed by atoms with E-state index in [0.717, 1.165) is 31.5 Å². The number of hydrogen-bond donors (Lipinski definition) is 1. The Morgan fingerprint density at radius 2 is 2.00 bits per heavy atom. The van der Waals surface area contributed by atoms with Gasteiger partial charge in [-0.15, -0.1) is 0 Å². The van der Waals surface area contributed by atoms with Crippen LogP contribution >= 0.6 is 31.9 Å². The van der Waals surface area contributed by atoms with Crippen LogP contribution in [0.2, 0.25) is 0 Å². The van der Waals surface area contributed by atoms with Gasteiger partial charge in [0.25, 0.3) is 0 Å². The maximum Gasteiger partial charge on any atom is 0.167 e. The van der Waals surface area contributed by atoms with Crippen molar-refractivity contribution in [3.63, 3.8) is 0 Å². The molecular weight excluding hydrogens is 398 g/mol. The second-order valence-electron chi connectivity index (χ2n) is 4.88. The normalized spacial score (nSPS) is 17.1.